The molecule has 0 aliphatic heterocycles. The minimum atomic E-state index is 0.696. The van der Waals surface area contributed by atoms with E-state index >= 15 is 0 Å². The summed E-state index contributed by atoms with van der Waals surface area (Å²) in [5.74, 6) is 0.882. The lowest BCUT2D eigenvalue weighted by atomic mass is 10.1. The van der Waals surface area contributed by atoms with E-state index in [-0.39, 0.29) is 0 Å². The number of anilines is 1. The molecule has 102 valence electrons. The topological polar surface area (TPSA) is 52.5 Å². The molecular formula is C16H17N3O. The molecule has 4 heteroatoms. The number of aromatic nitrogens is 2. The summed E-state index contributed by atoms with van der Waals surface area (Å²) in [6.07, 6.45) is 4.03. The highest BCUT2D eigenvalue weighted by Gasteiger charge is 2.09. The van der Waals surface area contributed by atoms with Gasteiger partial charge in [0.15, 0.2) is 5.65 Å². The smallest absolute Gasteiger partial charge is 0.160 e. The Balaban J connectivity index is 2.15. The van der Waals surface area contributed by atoms with Gasteiger partial charge in [0, 0.05) is 18.0 Å². The van der Waals surface area contributed by atoms with Crippen LogP contribution in [0.1, 0.15) is 11.1 Å². The van der Waals surface area contributed by atoms with Crippen molar-refractivity contribution in [1.82, 2.24) is 9.38 Å². The molecule has 0 aliphatic rings. The maximum absolute atomic E-state index is 6.02. The van der Waals surface area contributed by atoms with Crippen molar-refractivity contribution in [2.45, 2.75) is 13.8 Å². The van der Waals surface area contributed by atoms with Crippen LogP contribution in [0.3, 0.4) is 0 Å². The number of imidazole rings is 1. The van der Waals surface area contributed by atoms with Crippen LogP contribution < -0.4 is 10.5 Å². The molecule has 2 aromatic heterocycles. The van der Waals surface area contributed by atoms with Gasteiger partial charge in [-0.05, 0) is 49.2 Å². The van der Waals surface area contributed by atoms with E-state index in [0.717, 1.165) is 33.8 Å². The van der Waals surface area contributed by atoms with Crippen LogP contribution in [0.2, 0.25) is 0 Å². The van der Waals surface area contributed by atoms with Gasteiger partial charge in [0.2, 0.25) is 0 Å². The van der Waals surface area contributed by atoms with Gasteiger partial charge in [-0.3, -0.25) is 0 Å². The maximum atomic E-state index is 6.02. The summed E-state index contributed by atoms with van der Waals surface area (Å²) in [7, 11) is 1.68. The largest absolute Gasteiger partial charge is 0.496 e. The summed E-state index contributed by atoms with van der Waals surface area (Å²) < 4.78 is 7.26. The first kappa shape index (κ1) is 12.5. The van der Waals surface area contributed by atoms with Crippen molar-refractivity contribution < 1.29 is 4.74 Å². The number of ether oxygens (including phenoxy) is 1. The van der Waals surface area contributed by atoms with Gasteiger partial charge in [0.1, 0.15) is 5.75 Å². The van der Waals surface area contributed by atoms with Gasteiger partial charge >= 0.3 is 0 Å². The normalized spacial score (nSPS) is 10.9. The molecule has 20 heavy (non-hydrogen) atoms. The lowest BCUT2D eigenvalue weighted by Crippen LogP contribution is -1.93. The molecule has 2 N–H and O–H groups in total. The second kappa shape index (κ2) is 4.56. The predicted octanol–water partition coefficient (Wildman–Crippen LogP) is 3.21. The lowest BCUT2D eigenvalue weighted by molar-refractivity contribution is 0.412. The fourth-order valence-electron chi connectivity index (χ4n) is 2.45. The Morgan fingerprint density at radius 1 is 1.15 bits per heavy atom. The molecule has 0 amide bonds. The van der Waals surface area contributed by atoms with Crippen molar-refractivity contribution in [3.05, 3.63) is 47.8 Å². The van der Waals surface area contributed by atoms with Crippen molar-refractivity contribution in [3.63, 3.8) is 0 Å². The number of nitrogens with two attached hydrogens (primary N) is 1. The molecular weight excluding hydrogens is 250 g/mol. The van der Waals surface area contributed by atoms with E-state index in [2.05, 4.69) is 11.1 Å². The Kier molecular flexibility index (Phi) is 2.86. The number of fused-ring (bicyclic) bond motifs is 1. The molecule has 0 radical (unpaired) electrons. The van der Waals surface area contributed by atoms with Gasteiger partial charge in [0.05, 0.1) is 18.5 Å². The highest BCUT2D eigenvalue weighted by atomic mass is 16.5. The van der Waals surface area contributed by atoms with Crippen LogP contribution in [-0.2, 0) is 0 Å². The summed E-state index contributed by atoms with van der Waals surface area (Å²) in [5.41, 5.74) is 11.7. The van der Waals surface area contributed by atoms with Crippen LogP contribution in [0.25, 0.3) is 16.9 Å². The summed E-state index contributed by atoms with van der Waals surface area (Å²) in [6, 6.07) is 7.98. The van der Waals surface area contributed by atoms with E-state index in [9.17, 15) is 0 Å². The van der Waals surface area contributed by atoms with Crippen LogP contribution in [0.15, 0.2) is 36.7 Å². The van der Waals surface area contributed by atoms with Crippen molar-refractivity contribution in [1.29, 1.82) is 0 Å². The minimum Gasteiger partial charge on any atom is -0.496 e. The number of benzene rings is 1. The van der Waals surface area contributed by atoms with Gasteiger partial charge < -0.3 is 14.9 Å². The maximum Gasteiger partial charge on any atom is 0.160 e. The zero-order valence-electron chi connectivity index (χ0n) is 11.8. The summed E-state index contributed by atoms with van der Waals surface area (Å²) in [4.78, 5) is 4.62. The molecule has 3 rings (SSSR count). The van der Waals surface area contributed by atoms with E-state index in [4.69, 9.17) is 10.5 Å². The third-order valence-corrected chi connectivity index (χ3v) is 3.41. The number of hydrogen-bond acceptors (Lipinski definition) is 3. The van der Waals surface area contributed by atoms with Crippen molar-refractivity contribution in [2.24, 2.45) is 0 Å². The fraction of sp³-hybridized carbons (Fsp3) is 0.188. The number of rotatable bonds is 2. The highest BCUT2D eigenvalue weighted by molar-refractivity contribution is 5.72. The molecule has 0 fully saturated rings. The van der Waals surface area contributed by atoms with Gasteiger partial charge in [-0.1, -0.05) is 0 Å². The quantitative estimate of drug-likeness (QED) is 0.775. The number of nitrogen functional groups attached to an aromatic ring is 1. The van der Waals surface area contributed by atoms with Crippen LogP contribution >= 0.6 is 0 Å². The molecule has 1 aromatic carbocycles. The molecule has 0 unspecified atom stereocenters. The first-order valence-electron chi connectivity index (χ1n) is 6.48. The molecule has 0 bridgehead atoms. The monoisotopic (exact) mass is 267 g/mol. The average Bonchev–Trinajstić information content (AvgIpc) is 2.82. The third kappa shape index (κ3) is 1.99. The van der Waals surface area contributed by atoms with Crippen LogP contribution in [0.4, 0.5) is 5.69 Å². The Bertz CT molecular complexity index is 790. The Morgan fingerprint density at radius 2 is 1.95 bits per heavy atom. The second-order valence-electron chi connectivity index (χ2n) is 5.01. The fourth-order valence-corrected chi connectivity index (χ4v) is 2.45. The van der Waals surface area contributed by atoms with Crippen LogP contribution in [-0.4, -0.2) is 16.5 Å². The second-order valence-corrected chi connectivity index (χ2v) is 5.01. The summed E-state index contributed by atoms with van der Waals surface area (Å²) in [6.45, 7) is 4.05. The van der Waals surface area contributed by atoms with E-state index in [1.807, 2.05) is 48.8 Å². The van der Waals surface area contributed by atoms with Gasteiger partial charge in [0.25, 0.3) is 0 Å². The SMILES string of the molecule is COc1ccc(-c2cn3cc(C)cc(N)c3n2)cc1C. The zero-order valence-corrected chi connectivity index (χ0v) is 11.8. The van der Waals surface area contributed by atoms with Crippen molar-refractivity contribution in [2.75, 3.05) is 12.8 Å². The number of hydrogen-bond donors (Lipinski definition) is 1. The highest BCUT2D eigenvalue weighted by Crippen LogP contribution is 2.27. The molecule has 0 atom stereocenters. The number of aryl methyl sites for hydroxylation is 2. The Labute approximate surface area is 117 Å². The van der Waals surface area contributed by atoms with E-state index in [0.29, 0.717) is 5.69 Å². The predicted molar refractivity (Wildman–Crippen MR) is 81.1 cm³/mol. The molecule has 4 nitrogen and oxygen atoms in total. The zero-order chi connectivity index (χ0) is 14.3. The number of methoxy groups -OCH3 is 1. The van der Waals surface area contributed by atoms with E-state index in [1.54, 1.807) is 7.11 Å². The standard InChI is InChI=1S/C16H17N3O/c1-10-6-13(17)16-18-14(9-19(16)8-10)12-4-5-15(20-3)11(2)7-12/h4-9H,17H2,1-3H3. The molecule has 3 aromatic rings. The minimum absolute atomic E-state index is 0.696. The van der Waals surface area contributed by atoms with E-state index < -0.39 is 0 Å². The Hall–Kier alpha value is -2.49. The number of nitrogens with zero attached hydrogens (tertiary/aromatic N) is 2. The van der Waals surface area contributed by atoms with E-state index in [1.165, 1.54) is 0 Å². The Morgan fingerprint density at radius 3 is 2.65 bits per heavy atom. The number of pyridine rings is 1. The average molecular weight is 267 g/mol. The molecule has 0 saturated heterocycles. The molecule has 0 saturated carbocycles. The summed E-state index contributed by atoms with van der Waals surface area (Å²) >= 11 is 0. The van der Waals surface area contributed by atoms with Crippen molar-refractivity contribution >= 4 is 11.3 Å². The van der Waals surface area contributed by atoms with Gasteiger partial charge in [-0.2, -0.15) is 0 Å². The van der Waals surface area contributed by atoms with Crippen LogP contribution in [0.5, 0.6) is 5.75 Å². The first-order chi connectivity index (χ1) is 9.58. The third-order valence-electron chi connectivity index (χ3n) is 3.41. The van der Waals surface area contributed by atoms with Crippen molar-refractivity contribution in [3.8, 4) is 17.0 Å². The van der Waals surface area contributed by atoms with Gasteiger partial charge in [-0.25, -0.2) is 4.98 Å². The molecule has 0 spiro atoms. The first-order valence-corrected chi connectivity index (χ1v) is 6.48. The van der Waals surface area contributed by atoms with Gasteiger partial charge in [-0.15, -0.1) is 0 Å². The molecule has 0 aliphatic carbocycles. The lowest BCUT2D eigenvalue weighted by Gasteiger charge is -2.05. The summed E-state index contributed by atoms with van der Waals surface area (Å²) in [5, 5.41) is 0. The van der Waals surface area contributed by atoms with Crippen LogP contribution in [0, 0.1) is 13.8 Å². The molecule has 2 heterocycles.